The number of hydrogen-bond donors (Lipinski definition) is 21. The molecule has 2 aromatic rings. The summed E-state index contributed by atoms with van der Waals surface area (Å²) in [6.45, 7) is 8.27. The van der Waals surface area contributed by atoms with Crippen LogP contribution < -0.4 is 87.2 Å². The number of amides is 14. The number of aliphatic imine (C=N–C) groups is 1. The van der Waals surface area contributed by atoms with Gasteiger partial charge in [0.2, 0.25) is 82.7 Å². The van der Waals surface area contributed by atoms with Gasteiger partial charge in [0.05, 0.1) is 18.7 Å². The van der Waals surface area contributed by atoms with E-state index in [1.54, 1.807) is 58.0 Å². The van der Waals surface area contributed by atoms with E-state index in [0.29, 0.717) is 36.9 Å². The Morgan fingerprint density at radius 3 is 1.52 bits per heavy atom. The Kier molecular flexibility index (Phi) is 40.5. The quantitative estimate of drug-likeness (QED) is 0.0167. The van der Waals surface area contributed by atoms with E-state index in [4.69, 9.17) is 33.8 Å². The van der Waals surface area contributed by atoms with Crippen LogP contribution in [0, 0.1) is 11.8 Å². The maximum Gasteiger partial charge on any atom is 0.326 e. The summed E-state index contributed by atoms with van der Waals surface area (Å²) in [4.78, 5) is 238. The third-order valence-corrected chi connectivity index (χ3v) is 19.1. The number of nitrogens with two attached hydrogens (primary N) is 5. The van der Waals surface area contributed by atoms with Crippen LogP contribution in [-0.2, 0) is 94.3 Å². The molecule has 2 saturated heterocycles. The maximum absolute atomic E-state index is 15.2. The largest absolute Gasteiger partial charge is 0.508 e. The molecule has 2 heterocycles. The van der Waals surface area contributed by atoms with Crippen LogP contribution in [0.1, 0.15) is 155 Å². The van der Waals surface area contributed by atoms with Gasteiger partial charge in [0.25, 0.3) is 0 Å². The van der Waals surface area contributed by atoms with E-state index in [1.165, 1.54) is 36.1 Å². The maximum atomic E-state index is 15.2. The van der Waals surface area contributed by atoms with Gasteiger partial charge in [-0.25, -0.2) is 4.79 Å². The van der Waals surface area contributed by atoms with Crippen LogP contribution in [0.25, 0.3) is 0 Å². The number of hydrogen-bond acceptors (Lipinski definition) is 22. The second kappa shape index (κ2) is 48.6. The number of phenolic OH excluding ortho intramolecular Hbond substituents is 1. The van der Waals surface area contributed by atoms with Crippen LogP contribution in [-0.4, -0.2) is 259 Å². The molecule has 4 rings (SSSR count). The SMILES string of the molecule is CC(C)C[C@H](NC(=O)[C@H](CCC(=O)O)NC(=O)[C@@H]1CCCN1C(=O)[C@H](Cc1ccc(O)cc1)NC(=O)[C@@H](NC(=O)[C@H](CCCN=C(N)N)NC(=O)[C@H](Cc1ccccc1)NC(=O)[C@H](CCC(N)=O)NC(=O)CNC(=O)[C@@H](NC(=O)[C@H](C)NC(=O)[C@@H](N)CCC(=O)O)[C@@H](C)O)C(C)C)C(=O)N1CCC[C@H]1C(=O)N[C@@H](CCCCN)C(=O)O. The highest BCUT2D eigenvalue weighted by Gasteiger charge is 2.44. The molecule has 2 aliphatic rings. The number of nitrogens with one attached hydrogen (secondary N) is 11. The second-order valence-corrected chi connectivity index (χ2v) is 29.5. The minimum atomic E-state index is -1.74. The van der Waals surface area contributed by atoms with Gasteiger partial charge in [-0.15, -0.1) is 0 Å². The van der Waals surface area contributed by atoms with Crippen molar-refractivity contribution in [3.8, 4) is 5.75 Å². The lowest BCUT2D eigenvalue weighted by Crippen LogP contribution is -2.61. The Morgan fingerprint density at radius 2 is 0.974 bits per heavy atom. The van der Waals surface area contributed by atoms with Crippen molar-refractivity contribution in [3.63, 3.8) is 0 Å². The molecule has 2 aliphatic heterocycles. The van der Waals surface area contributed by atoms with E-state index in [2.05, 4.69) is 63.5 Å². The Balaban J connectivity index is 1.61. The smallest absolute Gasteiger partial charge is 0.326 e. The van der Waals surface area contributed by atoms with Crippen molar-refractivity contribution < 1.29 is 107 Å². The number of benzene rings is 2. The Hall–Kier alpha value is -11.6. The van der Waals surface area contributed by atoms with E-state index in [0.717, 1.165) is 11.8 Å². The average Bonchev–Trinajstić information content (AvgIpc) is 1.64. The van der Waals surface area contributed by atoms with E-state index in [1.807, 2.05) is 0 Å². The molecule has 0 radical (unpaired) electrons. The zero-order chi connectivity index (χ0) is 86.6. The molecule has 642 valence electrons. The normalized spacial score (nSPS) is 16.9. The van der Waals surface area contributed by atoms with Crippen molar-refractivity contribution in [2.75, 3.05) is 32.7 Å². The number of phenols is 1. The first-order valence-corrected chi connectivity index (χ1v) is 38.6. The second-order valence-electron chi connectivity index (χ2n) is 29.5. The van der Waals surface area contributed by atoms with Crippen LogP contribution in [0.15, 0.2) is 59.6 Å². The third-order valence-electron chi connectivity index (χ3n) is 19.1. The summed E-state index contributed by atoms with van der Waals surface area (Å²) in [7, 11) is 0. The van der Waals surface area contributed by atoms with Crippen molar-refractivity contribution in [2.45, 2.75) is 242 Å². The number of carboxylic acid groups (broad SMARTS) is 3. The third kappa shape index (κ3) is 33.1. The number of aliphatic carboxylic acids is 3. The average molecular weight is 1630 g/mol. The molecule has 0 saturated carbocycles. The van der Waals surface area contributed by atoms with Gasteiger partial charge in [0, 0.05) is 51.7 Å². The van der Waals surface area contributed by atoms with Gasteiger partial charge < -0.3 is 122 Å². The lowest BCUT2D eigenvalue weighted by atomic mass is 9.99. The number of carbonyl (C=O) groups excluding carboxylic acids is 14. The van der Waals surface area contributed by atoms with E-state index in [-0.39, 0.29) is 101 Å². The van der Waals surface area contributed by atoms with E-state index >= 15 is 4.79 Å². The lowest BCUT2D eigenvalue weighted by molar-refractivity contribution is -0.145. The molecule has 14 amide bonds. The molecule has 41 heteroatoms. The molecular weight excluding hydrogens is 1520 g/mol. The summed E-state index contributed by atoms with van der Waals surface area (Å²) in [5, 5.41) is 76.8. The number of carboxylic acids is 3. The fourth-order valence-electron chi connectivity index (χ4n) is 12.8. The fraction of sp³-hybridized carbons (Fsp3) is 0.600. The molecular formula is C75H115N19O22. The number of nitrogens with zero attached hydrogens (tertiary/aromatic N) is 3. The molecule has 2 fully saturated rings. The minimum Gasteiger partial charge on any atom is -0.508 e. The number of carbonyl (C=O) groups is 17. The van der Waals surface area contributed by atoms with Crippen molar-refractivity contribution in [2.24, 2.45) is 45.5 Å². The predicted molar refractivity (Wildman–Crippen MR) is 416 cm³/mol. The molecule has 2 aromatic carbocycles. The number of aliphatic hydroxyl groups is 1. The summed E-state index contributed by atoms with van der Waals surface area (Å²) in [5.74, 6) is -18.5. The summed E-state index contributed by atoms with van der Waals surface area (Å²) in [6, 6.07) is -5.30. The van der Waals surface area contributed by atoms with Gasteiger partial charge in [-0.2, -0.15) is 0 Å². The van der Waals surface area contributed by atoms with Crippen LogP contribution in [0.4, 0.5) is 0 Å². The number of unbranched alkanes of at least 4 members (excludes halogenated alkanes) is 1. The van der Waals surface area contributed by atoms with E-state index < -0.39 is 230 Å². The standard InChI is InChI=1S/C75H115N19O22/c1-39(2)35-52(72(113)93-33-14-20-55(93)69(110)87-50(74(115)116)17-10-11-31-76)89-65(106)49(27-30-59(101)102)86-68(109)54-19-13-34-94(54)73(114)53(37-44-21-23-45(96)24-22-44)90-71(112)60(40(3)4)91-66(107)47(18-12-32-81-75(79)80)85-67(108)51(36-43-15-8-7-9-16-43)88-64(105)48(26-28-56(78)97)84-57(98)38-82-70(111)61(42(6)95)92-62(103)41(5)83-63(104)46(77)25-29-58(99)100/h7-9,15-16,21-24,39-42,46-55,60-61,95-96H,10-14,17-20,25-38,76-77H2,1-6H3,(H2,78,97)(H,82,111)(H,83,104)(H,84,98)(H,85,108)(H,86,109)(H,87,110)(H,88,105)(H,89,106)(H,90,112)(H,91,107)(H,92,103)(H,99,100)(H,101,102)(H,115,116)(H4,79,80,81)/t41-,42+,46-,47-,48-,49-,50-,51-,52-,53-,54-,55-,60-,61-/m0/s1. The Bertz CT molecular complexity index is 3770. The molecule has 0 aromatic heterocycles. The molecule has 26 N–H and O–H groups in total. The molecule has 0 unspecified atom stereocenters. The minimum absolute atomic E-state index is 0.00119. The number of rotatable bonds is 50. The first kappa shape index (κ1) is 96.7. The number of likely N-dealkylation sites (tertiary alicyclic amines) is 2. The molecule has 0 aliphatic carbocycles. The van der Waals surface area contributed by atoms with E-state index in [9.17, 15) is 97.1 Å². The summed E-state index contributed by atoms with van der Waals surface area (Å²) >= 11 is 0. The van der Waals surface area contributed by atoms with Crippen molar-refractivity contribution in [1.82, 2.24) is 68.3 Å². The van der Waals surface area contributed by atoms with Gasteiger partial charge in [-0.05, 0) is 139 Å². The van der Waals surface area contributed by atoms with Crippen molar-refractivity contribution in [3.05, 3.63) is 65.7 Å². The number of primary amides is 1. The molecule has 41 nitrogen and oxygen atoms in total. The number of aromatic hydroxyl groups is 1. The lowest BCUT2D eigenvalue weighted by Gasteiger charge is -2.32. The zero-order valence-corrected chi connectivity index (χ0v) is 66.1. The van der Waals surface area contributed by atoms with Gasteiger partial charge in [-0.1, -0.05) is 70.2 Å². The van der Waals surface area contributed by atoms with Crippen molar-refractivity contribution >= 4 is 107 Å². The van der Waals surface area contributed by atoms with Crippen molar-refractivity contribution in [1.29, 1.82) is 0 Å². The van der Waals surface area contributed by atoms with Crippen LogP contribution in [0.2, 0.25) is 0 Å². The van der Waals surface area contributed by atoms with Gasteiger partial charge in [0.15, 0.2) is 5.96 Å². The zero-order valence-electron chi connectivity index (χ0n) is 66.1. The summed E-state index contributed by atoms with van der Waals surface area (Å²) < 4.78 is 0. The molecule has 0 spiro atoms. The Morgan fingerprint density at radius 1 is 0.491 bits per heavy atom. The molecule has 116 heavy (non-hydrogen) atoms. The molecule has 0 bridgehead atoms. The number of aliphatic hydroxyl groups excluding tert-OH is 1. The van der Waals surface area contributed by atoms with Gasteiger partial charge in [-0.3, -0.25) is 81.7 Å². The highest BCUT2D eigenvalue weighted by Crippen LogP contribution is 2.24. The van der Waals surface area contributed by atoms with Gasteiger partial charge in [0.1, 0.15) is 78.3 Å². The highest BCUT2D eigenvalue weighted by atomic mass is 16.4. The highest BCUT2D eigenvalue weighted by molar-refractivity contribution is 6.00. The topological polar surface area (TPSA) is 673 Å². The summed E-state index contributed by atoms with van der Waals surface area (Å²) in [5.41, 5.74) is 28.8. The van der Waals surface area contributed by atoms with Crippen LogP contribution >= 0.6 is 0 Å². The summed E-state index contributed by atoms with van der Waals surface area (Å²) in [6.07, 6.45) is -3.50. The first-order chi connectivity index (χ1) is 54.7. The van der Waals surface area contributed by atoms with Gasteiger partial charge >= 0.3 is 17.9 Å². The van der Waals surface area contributed by atoms with Crippen LogP contribution in [0.5, 0.6) is 5.75 Å². The predicted octanol–water partition coefficient (Wildman–Crippen LogP) is -5.18. The first-order valence-electron chi connectivity index (χ1n) is 38.6. The number of guanidine groups is 1. The fourth-order valence-corrected chi connectivity index (χ4v) is 12.8. The monoisotopic (exact) mass is 1630 g/mol. The molecule has 14 atom stereocenters. The Labute approximate surface area is 670 Å². The van der Waals surface area contributed by atoms with Crippen LogP contribution in [0.3, 0.4) is 0 Å².